The summed E-state index contributed by atoms with van der Waals surface area (Å²) in [5.74, 6) is 0.780. The van der Waals surface area contributed by atoms with Gasteiger partial charge in [0.05, 0.1) is 6.61 Å². The standard InChI is InChI=1S/C15H20ClNO2/c1-2-19-14-9-3-11(4-10-14)15(18)17-13-7-5-12(16)6-8-13/h3-4,9-10,12-13H,2,5-8H2,1H3,(H,17,18). The Morgan fingerprint density at radius 1 is 1.26 bits per heavy atom. The van der Waals surface area contributed by atoms with Crippen LogP contribution in [0.3, 0.4) is 0 Å². The van der Waals surface area contributed by atoms with Crippen molar-refractivity contribution < 1.29 is 9.53 Å². The van der Waals surface area contributed by atoms with Gasteiger partial charge in [-0.1, -0.05) is 0 Å². The van der Waals surface area contributed by atoms with Gasteiger partial charge in [-0.3, -0.25) is 4.79 Å². The molecule has 19 heavy (non-hydrogen) atoms. The molecular weight excluding hydrogens is 262 g/mol. The maximum absolute atomic E-state index is 12.1. The second kappa shape index (κ2) is 6.80. The molecule has 0 saturated heterocycles. The van der Waals surface area contributed by atoms with Gasteiger partial charge in [-0.15, -0.1) is 11.6 Å². The molecule has 104 valence electrons. The van der Waals surface area contributed by atoms with Gasteiger partial charge < -0.3 is 10.1 Å². The van der Waals surface area contributed by atoms with Crippen LogP contribution in [0.2, 0.25) is 0 Å². The highest BCUT2D eigenvalue weighted by atomic mass is 35.5. The number of alkyl halides is 1. The molecule has 2 rings (SSSR count). The van der Waals surface area contributed by atoms with Gasteiger partial charge >= 0.3 is 0 Å². The van der Waals surface area contributed by atoms with Gasteiger partial charge in [-0.2, -0.15) is 0 Å². The van der Waals surface area contributed by atoms with Crippen molar-refractivity contribution in [2.24, 2.45) is 0 Å². The van der Waals surface area contributed by atoms with Crippen molar-refractivity contribution >= 4 is 17.5 Å². The molecule has 0 spiro atoms. The van der Waals surface area contributed by atoms with Crippen molar-refractivity contribution in [3.8, 4) is 5.75 Å². The highest BCUT2D eigenvalue weighted by molar-refractivity contribution is 6.20. The lowest BCUT2D eigenvalue weighted by Crippen LogP contribution is -2.37. The molecule has 1 fully saturated rings. The second-order valence-electron chi connectivity index (χ2n) is 4.88. The van der Waals surface area contributed by atoms with Crippen molar-refractivity contribution in [3.63, 3.8) is 0 Å². The lowest BCUT2D eigenvalue weighted by Gasteiger charge is -2.25. The van der Waals surface area contributed by atoms with Gasteiger partial charge in [0, 0.05) is 17.0 Å². The summed E-state index contributed by atoms with van der Waals surface area (Å²) in [6.45, 7) is 2.57. The molecule has 1 saturated carbocycles. The van der Waals surface area contributed by atoms with Crippen molar-refractivity contribution in [1.82, 2.24) is 5.32 Å². The van der Waals surface area contributed by atoms with Gasteiger partial charge in [0.25, 0.3) is 5.91 Å². The summed E-state index contributed by atoms with van der Waals surface area (Å²) in [7, 11) is 0. The van der Waals surface area contributed by atoms with Crippen LogP contribution in [-0.4, -0.2) is 23.9 Å². The van der Waals surface area contributed by atoms with Crippen LogP contribution in [0, 0.1) is 0 Å². The van der Waals surface area contributed by atoms with E-state index in [0.717, 1.165) is 31.4 Å². The van der Waals surface area contributed by atoms with Gasteiger partial charge in [0.1, 0.15) is 5.75 Å². The Hall–Kier alpha value is -1.22. The average molecular weight is 282 g/mol. The van der Waals surface area contributed by atoms with Crippen LogP contribution in [0.1, 0.15) is 43.0 Å². The second-order valence-corrected chi connectivity index (χ2v) is 5.50. The number of hydrogen-bond acceptors (Lipinski definition) is 2. The van der Waals surface area contributed by atoms with E-state index < -0.39 is 0 Å². The Morgan fingerprint density at radius 2 is 1.89 bits per heavy atom. The van der Waals surface area contributed by atoms with E-state index in [0.29, 0.717) is 12.2 Å². The number of ether oxygens (including phenoxy) is 1. The molecule has 0 atom stereocenters. The van der Waals surface area contributed by atoms with E-state index in [9.17, 15) is 4.79 Å². The van der Waals surface area contributed by atoms with E-state index in [2.05, 4.69) is 5.32 Å². The molecule has 0 aliphatic heterocycles. The summed E-state index contributed by atoms with van der Waals surface area (Å²) >= 11 is 6.06. The minimum Gasteiger partial charge on any atom is -0.494 e. The third-order valence-electron chi connectivity index (χ3n) is 3.42. The van der Waals surface area contributed by atoms with Crippen LogP contribution in [0.15, 0.2) is 24.3 Å². The first-order valence-corrected chi connectivity index (χ1v) is 7.30. The molecular formula is C15H20ClNO2. The summed E-state index contributed by atoms with van der Waals surface area (Å²) in [6.07, 6.45) is 3.90. The fourth-order valence-corrected chi connectivity index (χ4v) is 2.59. The van der Waals surface area contributed by atoms with Crippen LogP contribution in [0.25, 0.3) is 0 Å². The smallest absolute Gasteiger partial charge is 0.251 e. The molecule has 4 heteroatoms. The number of halogens is 1. The molecule has 3 nitrogen and oxygen atoms in total. The molecule has 0 heterocycles. The Labute approximate surface area is 119 Å². The Bertz CT molecular complexity index is 411. The monoisotopic (exact) mass is 281 g/mol. The summed E-state index contributed by atoms with van der Waals surface area (Å²) < 4.78 is 5.36. The molecule has 0 radical (unpaired) electrons. The molecule has 1 aliphatic rings. The SMILES string of the molecule is CCOc1ccc(C(=O)NC2CCC(Cl)CC2)cc1. The van der Waals surface area contributed by atoms with Gasteiger partial charge in [0.15, 0.2) is 0 Å². The third-order valence-corrected chi connectivity index (χ3v) is 3.86. The normalized spacial score (nSPS) is 22.8. The first kappa shape index (κ1) is 14.2. The molecule has 1 aromatic rings. The van der Waals surface area contributed by atoms with Crippen molar-refractivity contribution in [1.29, 1.82) is 0 Å². The zero-order valence-corrected chi connectivity index (χ0v) is 12.0. The van der Waals surface area contributed by atoms with Crippen molar-refractivity contribution in [2.75, 3.05) is 6.61 Å². The number of carbonyl (C=O) groups excluding carboxylic acids is 1. The number of benzene rings is 1. The van der Waals surface area contributed by atoms with Crippen LogP contribution in [0.5, 0.6) is 5.75 Å². The fourth-order valence-electron chi connectivity index (χ4n) is 2.34. The van der Waals surface area contributed by atoms with Gasteiger partial charge in [-0.05, 0) is 56.9 Å². The van der Waals surface area contributed by atoms with Crippen molar-refractivity contribution in [3.05, 3.63) is 29.8 Å². The summed E-state index contributed by atoms with van der Waals surface area (Å²) in [5, 5.41) is 3.35. The molecule has 1 amide bonds. The summed E-state index contributed by atoms with van der Waals surface area (Å²) in [4.78, 5) is 12.1. The van der Waals surface area contributed by atoms with E-state index in [4.69, 9.17) is 16.3 Å². The van der Waals surface area contributed by atoms with E-state index in [-0.39, 0.29) is 17.3 Å². The topological polar surface area (TPSA) is 38.3 Å². The molecule has 0 unspecified atom stereocenters. The van der Waals surface area contributed by atoms with E-state index in [1.54, 1.807) is 12.1 Å². The number of hydrogen-bond donors (Lipinski definition) is 1. The lowest BCUT2D eigenvalue weighted by molar-refractivity contribution is 0.0928. The number of rotatable bonds is 4. The van der Waals surface area contributed by atoms with Crippen molar-refractivity contribution in [2.45, 2.75) is 44.0 Å². The van der Waals surface area contributed by atoms with Crippen LogP contribution in [-0.2, 0) is 0 Å². The third kappa shape index (κ3) is 4.13. The zero-order chi connectivity index (χ0) is 13.7. The number of amides is 1. The molecule has 0 aromatic heterocycles. The highest BCUT2D eigenvalue weighted by Crippen LogP contribution is 2.23. The van der Waals surface area contributed by atoms with Crippen LogP contribution >= 0.6 is 11.6 Å². The Kier molecular flexibility index (Phi) is 5.08. The van der Waals surface area contributed by atoms with Crippen LogP contribution in [0.4, 0.5) is 0 Å². The van der Waals surface area contributed by atoms with E-state index in [1.165, 1.54) is 0 Å². The average Bonchev–Trinajstić information content (AvgIpc) is 2.42. The number of nitrogens with one attached hydrogen (secondary N) is 1. The molecule has 1 aromatic carbocycles. The molecule has 1 aliphatic carbocycles. The van der Waals surface area contributed by atoms with Gasteiger partial charge in [0.2, 0.25) is 0 Å². The number of carbonyl (C=O) groups is 1. The molecule has 1 N–H and O–H groups in total. The van der Waals surface area contributed by atoms with Gasteiger partial charge in [-0.25, -0.2) is 0 Å². The highest BCUT2D eigenvalue weighted by Gasteiger charge is 2.21. The first-order valence-electron chi connectivity index (χ1n) is 6.87. The first-order chi connectivity index (χ1) is 9.19. The summed E-state index contributed by atoms with van der Waals surface area (Å²) in [6, 6.07) is 7.51. The fraction of sp³-hybridized carbons (Fsp3) is 0.533. The predicted molar refractivity (Wildman–Crippen MR) is 77.0 cm³/mol. The maximum atomic E-state index is 12.1. The predicted octanol–water partition coefficient (Wildman–Crippen LogP) is 3.37. The Morgan fingerprint density at radius 3 is 2.47 bits per heavy atom. The summed E-state index contributed by atoms with van der Waals surface area (Å²) in [5.41, 5.74) is 0.677. The van der Waals surface area contributed by atoms with E-state index >= 15 is 0 Å². The Balaban J connectivity index is 1.88. The zero-order valence-electron chi connectivity index (χ0n) is 11.2. The van der Waals surface area contributed by atoms with E-state index in [1.807, 2.05) is 19.1 Å². The quantitative estimate of drug-likeness (QED) is 0.860. The maximum Gasteiger partial charge on any atom is 0.251 e. The molecule has 0 bridgehead atoms. The minimum absolute atomic E-state index is 0.0129. The minimum atomic E-state index is -0.0129. The van der Waals surface area contributed by atoms with Crippen LogP contribution < -0.4 is 10.1 Å². The lowest BCUT2D eigenvalue weighted by atomic mass is 9.95. The largest absolute Gasteiger partial charge is 0.494 e.